The van der Waals surface area contributed by atoms with Gasteiger partial charge >= 0.3 is 0 Å². The fourth-order valence-electron chi connectivity index (χ4n) is 1.22. The molecule has 54 valence electrons. The number of hydrogen-bond acceptors (Lipinski definition) is 2. The number of nitrogens with one attached hydrogen (secondary N) is 1. The summed E-state index contributed by atoms with van der Waals surface area (Å²) in [6.07, 6.45) is 1.03. The van der Waals surface area contributed by atoms with Crippen LogP contribution >= 0.6 is 11.6 Å². The first-order valence-corrected chi connectivity index (χ1v) is 3.72. The van der Waals surface area contributed by atoms with Crippen LogP contribution < -0.4 is 5.32 Å². The molecular formula is C7H8ClNO. The van der Waals surface area contributed by atoms with E-state index in [-0.39, 0.29) is 0 Å². The molecule has 0 atom stereocenters. The fraction of sp³-hybridized carbons (Fsp3) is 0.429. The van der Waals surface area contributed by atoms with Crippen molar-refractivity contribution in [3.05, 3.63) is 22.6 Å². The molecule has 1 aromatic rings. The Morgan fingerprint density at radius 2 is 2.50 bits per heavy atom. The van der Waals surface area contributed by atoms with Crippen LogP contribution in [0.5, 0.6) is 0 Å². The third kappa shape index (κ3) is 0.935. The van der Waals surface area contributed by atoms with Crippen LogP contribution in [0.3, 0.4) is 0 Å². The lowest BCUT2D eigenvalue weighted by Crippen LogP contribution is -2.22. The van der Waals surface area contributed by atoms with E-state index in [9.17, 15) is 0 Å². The Kier molecular flexibility index (Phi) is 1.43. The van der Waals surface area contributed by atoms with E-state index in [0.717, 1.165) is 25.3 Å². The largest absolute Gasteiger partial charge is 0.448 e. The quantitative estimate of drug-likeness (QED) is 0.619. The lowest BCUT2D eigenvalue weighted by Gasteiger charge is -2.09. The van der Waals surface area contributed by atoms with Crippen molar-refractivity contribution in [1.29, 1.82) is 0 Å². The highest BCUT2D eigenvalue weighted by Gasteiger charge is 2.12. The van der Waals surface area contributed by atoms with Gasteiger partial charge in [0.1, 0.15) is 5.76 Å². The highest BCUT2D eigenvalue weighted by atomic mass is 35.5. The molecule has 0 aliphatic carbocycles. The predicted octanol–water partition coefficient (Wildman–Crippen LogP) is 1.58. The van der Waals surface area contributed by atoms with Crippen molar-refractivity contribution in [3.8, 4) is 0 Å². The third-order valence-corrected chi connectivity index (χ3v) is 1.91. The molecule has 0 unspecified atom stereocenters. The van der Waals surface area contributed by atoms with E-state index in [4.69, 9.17) is 16.0 Å². The summed E-state index contributed by atoms with van der Waals surface area (Å²) in [7, 11) is 0. The third-order valence-electron chi connectivity index (χ3n) is 1.72. The number of fused-ring (bicyclic) bond motifs is 1. The number of halogens is 1. The second-order valence-electron chi connectivity index (χ2n) is 2.43. The Hall–Kier alpha value is -0.470. The average molecular weight is 158 g/mol. The molecule has 2 heterocycles. The van der Waals surface area contributed by atoms with Gasteiger partial charge in [-0.1, -0.05) is 0 Å². The molecule has 1 aromatic heterocycles. The first kappa shape index (κ1) is 6.25. The van der Waals surface area contributed by atoms with Crippen molar-refractivity contribution in [1.82, 2.24) is 5.32 Å². The van der Waals surface area contributed by atoms with Crippen molar-refractivity contribution in [3.63, 3.8) is 0 Å². The maximum atomic E-state index is 5.66. The Labute approximate surface area is 64.2 Å². The Balaban J connectivity index is 2.41. The van der Waals surface area contributed by atoms with Gasteiger partial charge in [0.2, 0.25) is 0 Å². The van der Waals surface area contributed by atoms with Crippen LogP contribution in [0.2, 0.25) is 5.22 Å². The molecule has 0 bridgehead atoms. The van der Waals surface area contributed by atoms with Gasteiger partial charge in [0.25, 0.3) is 0 Å². The van der Waals surface area contributed by atoms with E-state index in [1.165, 1.54) is 5.56 Å². The van der Waals surface area contributed by atoms with Gasteiger partial charge in [0.15, 0.2) is 5.22 Å². The van der Waals surface area contributed by atoms with Gasteiger partial charge in [0.05, 0.1) is 6.54 Å². The van der Waals surface area contributed by atoms with Crippen LogP contribution in [0, 0.1) is 0 Å². The average Bonchev–Trinajstić information content (AvgIpc) is 2.27. The van der Waals surface area contributed by atoms with Crippen LogP contribution in [-0.2, 0) is 13.0 Å². The summed E-state index contributed by atoms with van der Waals surface area (Å²) < 4.78 is 5.21. The highest BCUT2D eigenvalue weighted by molar-refractivity contribution is 6.28. The van der Waals surface area contributed by atoms with E-state index >= 15 is 0 Å². The standard InChI is InChI=1S/C7H8ClNO/c8-7-3-5-1-2-9-4-6(5)10-7/h3,9H,1-2,4H2. The molecule has 1 aliphatic rings. The summed E-state index contributed by atoms with van der Waals surface area (Å²) >= 11 is 5.66. The molecule has 2 nitrogen and oxygen atoms in total. The lowest BCUT2D eigenvalue weighted by molar-refractivity contribution is 0.464. The minimum absolute atomic E-state index is 0.508. The zero-order valence-electron chi connectivity index (χ0n) is 5.48. The van der Waals surface area contributed by atoms with E-state index in [1.54, 1.807) is 0 Å². The molecule has 0 saturated heterocycles. The van der Waals surface area contributed by atoms with Gasteiger partial charge < -0.3 is 9.73 Å². The maximum Gasteiger partial charge on any atom is 0.193 e. The minimum atomic E-state index is 0.508. The molecule has 0 aromatic carbocycles. The molecule has 0 spiro atoms. The SMILES string of the molecule is Clc1cc2c(o1)CNCC2. The minimum Gasteiger partial charge on any atom is -0.448 e. The zero-order valence-corrected chi connectivity index (χ0v) is 6.24. The molecule has 1 aliphatic heterocycles. The predicted molar refractivity (Wildman–Crippen MR) is 39.1 cm³/mol. The van der Waals surface area contributed by atoms with Crippen LogP contribution in [0.25, 0.3) is 0 Å². The second kappa shape index (κ2) is 2.29. The first-order chi connectivity index (χ1) is 4.86. The van der Waals surface area contributed by atoms with Crippen molar-refractivity contribution < 1.29 is 4.42 Å². The van der Waals surface area contributed by atoms with Gasteiger partial charge in [-0.05, 0) is 36.2 Å². The van der Waals surface area contributed by atoms with Gasteiger partial charge in [-0.25, -0.2) is 0 Å². The summed E-state index contributed by atoms with van der Waals surface area (Å²) in [5, 5.41) is 3.71. The van der Waals surface area contributed by atoms with E-state index in [1.807, 2.05) is 6.07 Å². The lowest BCUT2D eigenvalue weighted by atomic mass is 10.1. The van der Waals surface area contributed by atoms with Crippen molar-refractivity contribution in [2.75, 3.05) is 6.54 Å². The summed E-state index contributed by atoms with van der Waals surface area (Å²) in [5.41, 5.74) is 1.25. The first-order valence-electron chi connectivity index (χ1n) is 3.34. The summed E-state index contributed by atoms with van der Waals surface area (Å²) in [6, 6.07) is 1.90. The molecule has 0 radical (unpaired) electrons. The second-order valence-corrected chi connectivity index (χ2v) is 2.80. The summed E-state index contributed by atoms with van der Waals surface area (Å²) in [6.45, 7) is 1.85. The molecule has 10 heavy (non-hydrogen) atoms. The van der Waals surface area contributed by atoms with Crippen LogP contribution in [-0.4, -0.2) is 6.54 Å². The van der Waals surface area contributed by atoms with Crippen LogP contribution in [0.1, 0.15) is 11.3 Å². The Morgan fingerprint density at radius 3 is 3.30 bits per heavy atom. The molecule has 3 heteroatoms. The number of rotatable bonds is 0. The van der Waals surface area contributed by atoms with Crippen molar-refractivity contribution in [2.24, 2.45) is 0 Å². The van der Waals surface area contributed by atoms with Gasteiger partial charge in [0, 0.05) is 0 Å². The number of furan rings is 1. The molecule has 2 rings (SSSR count). The molecule has 0 fully saturated rings. The van der Waals surface area contributed by atoms with E-state index < -0.39 is 0 Å². The van der Waals surface area contributed by atoms with Gasteiger partial charge in [-0.2, -0.15) is 0 Å². The molecule has 0 amide bonds. The van der Waals surface area contributed by atoms with Gasteiger partial charge in [-0.3, -0.25) is 0 Å². The molecular weight excluding hydrogens is 150 g/mol. The van der Waals surface area contributed by atoms with Crippen molar-refractivity contribution in [2.45, 2.75) is 13.0 Å². The zero-order chi connectivity index (χ0) is 6.97. The van der Waals surface area contributed by atoms with Crippen LogP contribution in [0.15, 0.2) is 10.5 Å². The van der Waals surface area contributed by atoms with Crippen LogP contribution in [0.4, 0.5) is 0 Å². The molecule has 0 saturated carbocycles. The van der Waals surface area contributed by atoms with E-state index in [0.29, 0.717) is 5.22 Å². The smallest absolute Gasteiger partial charge is 0.193 e. The van der Waals surface area contributed by atoms with Gasteiger partial charge in [-0.15, -0.1) is 0 Å². The monoisotopic (exact) mass is 157 g/mol. The van der Waals surface area contributed by atoms with E-state index in [2.05, 4.69) is 5.32 Å². The molecule has 1 N–H and O–H groups in total. The normalized spacial score (nSPS) is 16.9. The Morgan fingerprint density at radius 1 is 1.60 bits per heavy atom. The topological polar surface area (TPSA) is 25.2 Å². The highest BCUT2D eigenvalue weighted by Crippen LogP contribution is 2.21. The summed E-state index contributed by atoms with van der Waals surface area (Å²) in [4.78, 5) is 0. The number of hydrogen-bond donors (Lipinski definition) is 1. The van der Waals surface area contributed by atoms with Crippen molar-refractivity contribution >= 4 is 11.6 Å². The summed E-state index contributed by atoms with van der Waals surface area (Å²) in [5.74, 6) is 0.997. The Bertz CT molecular complexity index is 220. The maximum absolute atomic E-state index is 5.66. The fourth-order valence-corrected chi connectivity index (χ4v) is 1.44.